The van der Waals surface area contributed by atoms with Gasteiger partial charge in [-0.2, -0.15) is 11.8 Å². The van der Waals surface area contributed by atoms with Crippen molar-refractivity contribution in [1.82, 2.24) is 5.32 Å². The topological polar surface area (TPSA) is 38.3 Å². The summed E-state index contributed by atoms with van der Waals surface area (Å²) in [6.07, 6.45) is 1.25. The molecule has 0 bridgehead atoms. The molecule has 0 saturated heterocycles. The van der Waals surface area contributed by atoms with E-state index < -0.39 is 0 Å². The van der Waals surface area contributed by atoms with Gasteiger partial charge >= 0.3 is 0 Å². The fraction of sp³-hybridized carbons (Fsp3) is 0.353. The summed E-state index contributed by atoms with van der Waals surface area (Å²) in [6, 6.07) is 12.1. The van der Waals surface area contributed by atoms with Crippen molar-refractivity contribution >= 4 is 44.9 Å². The van der Waals surface area contributed by atoms with E-state index in [0.717, 1.165) is 29.2 Å². The summed E-state index contributed by atoms with van der Waals surface area (Å²) < 4.78 is 6.35. The molecule has 0 aliphatic rings. The number of hydrogen-bond donors (Lipinski definition) is 1. The molecule has 0 atom stereocenters. The summed E-state index contributed by atoms with van der Waals surface area (Å²) >= 11 is 7.06. The SMILES string of the molecule is COc1cccc(CCC(=O)NCCSCc2ccc(Br)s2)c1. The lowest BCUT2D eigenvalue weighted by molar-refractivity contribution is -0.120. The monoisotopic (exact) mass is 413 g/mol. The van der Waals surface area contributed by atoms with Crippen LogP contribution < -0.4 is 10.1 Å². The van der Waals surface area contributed by atoms with E-state index in [1.165, 1.54) is 8.66 Å². The zero-order chi connectivity index (χ0) is 16.5. The molecule has 0 fully saturated rings. The van der Waals surface area contributed by atoms with Crippen LogP contribution in [0.1, 0.15) is 16.9 Å². The molecule has 0 radical (unpaired) electrons. The number of halogens is 1. The van der Waals surface area contributed by atoms with Crippen molar-refractivity contribution in [3.63, 3.8) is 0 Å². The minimum absolute atomic E-state index is 0.104. The first-order valence-corrected chi connectivity index (χ1v) is 10.2. The second kappa shape index (κ2) is 10.0. The van der Waals surface area contributed by atoms with Gasteiger partial charge in [-0.25, -0.2) is 0 Å². The lowest BCUT2D eigenvalue weighted by atomic mass is 10.1. The van der Waals surface area contributed by atoms with E-state index in [0.29, 0.717) is 13.0 Å². The van der Waals surface area contributed by atoms with Crippen molar-refractivity contribution in [3.8, 4) is 5.75 Å². The van der Waals surface area contributed by atoms with Gasteiger partial charge in [0.25, 0.3) is 0 Å². The number of amides is 1. The van der Waals surface area contributed by atoms with Crippen LogP contribution in [0.3, 0.4) is 0 Å². The first-order valence-electron chi connectivity index (χ1n) is 7.39. The molecule has 23 heavy (non-hydrogen) atoms. The maximum Gasteiger partial charge on any atom is 0.220 e. The highest BCUT2D eigenvalue weighted by Gasteiger charge is 2.03. The number of carbonyl (C=O) groups is 1. The molecule has 0 unspecified atom stereocenters. The fourth-order valence-corrected chi connectivity index (χ4v) is 4.49. The second-order valence-corrected chi connectivity index (χ2v) is 8.61. The molecule has 0 spiro atoms. The molecule has 2 aromatic rings. The minimum Gasteiger partial charge on any atom is -0.497 e. The van der Waals surface area contributed by atoms with Crippen molar-refractivity contribution < 1.29 is 9.53 Å². The van der Waals surface area contributed by atoms with Crippen LogP contribution in [0.5, 0.6) is 5.75 Å². The number of aryl methyl sites for hydroxylation is 1. The Balaban J connectivity index is 1.57. The van der Waals surface area contributed by atoms with Gasteiger partial charge in [-0.05, 0) is 52.2 Å². The number of rotatable bonds is 9. The third-order valence-electron chi connectivity index (χ3n) is 3.22. The van der Waals surface area contributed by atoms with Crippen molar-refractivity contribution in [1.29, 1.82) is 0 Å². The normalized spacial score (nSPS) is 10.5. The Morgan fingerprint density at radius 3 is 2.96 bits per heavy atom. The molecular formula is C17H20BrNO2S2. The van der Waals surface area contributed by atoms with Gasteiger partial charge in [0, 0.05) is 29.3 Å². The number of thiophene rings is 1. The van der Waals surface area contributed by atoms with Gasteiger partial charge < -0.3 is 10.1 Å². The van der Waals surface area contributed by atoms with Crippen molar-refractivity contribution in [2.75, 3.05) is 19.4 Å². The number of methoxy groups -OCH3 is 1. The Hall–Kier alpha value is -0.980. The molecule has 6 heteroatoms. The van der Waals surface area contributed by atoms with Gasteiger partial charge in [-0.3, -0.25) is 4.79 Å². The first kappa shape index (κ1) is 18.4. The smallest absolute Gasteiger partial charge is 0.220 e. The highest BCUT2D eigenvalue weighted by Crippen LogP contribution is 2.25. The molecule has 1 heterocycles. The third kappa shape index (κ3) is 6.97. The zero-order valence-corrected chi connectivity index (χ0v) is 16.2. The van der Waals surface area contributed by atoms with Crippen LogP contribution in [0.15, 0.2) is 40.2 Å². The molecule has 2 rings (SSSR count). The van der Waals surface area contributed by atoms with Crippen molar-refractivity contribution in [3.05, 3.63) is 50.6 Å². The summed E-state index contributed by atoms with van der Waals surface area (Å²) in [5.41, 5.74) is 1.12. The summed E-state index contributed by atoms with van der Waals surface area (Å²) in [5, 5.41) is 2.98. The molecular weight excluding hydrogens is 394 g/mol. The predicted molar refractivity (Wildman–Crippen MR) is 103 cm³/mol. The Bertz CT molecular complexity index is 631. The number of nitrogens with one attached hydrogen (secondary N) is 1. The van der Waals surface area contributed by atoms with E-state index in [9.17, 15) is 4.79 Å². The van der Waals surface area contributed by atoms with E-state index in [4.69, 9.17) is 4.74 Å². The van der Waals surface area contributed by atoms with Crippen LogP contribution in [0.2, 0.25) is 0 Å². The highest BCUT2D eigenvalue weighted by molar-refractivity contribution is 9.11. The third-order valence-corrected chi connectivity index (χ3v) is 6.03. The molecule has 124 valence electrons. The van der Waals surface area contributed by atoms with Crippen LogP contribution in [-0.4, -0.2) is 25.3 Å². The lowest BCUT2D eigenvalue weighted by Gasteiger charge is -2.06. The Morgan fingerprint density at radius 2 is 2.22 bits per heavy atom. The molecule has 1 amide bonds. The molecule has 1 aromatic heterocycles. The summed E-state index contributed by atoms with van der Waals surface area (Å²) in [4.78, 5) is 13.2. The molecule has 1 N–H and O–H groups in total. The van der Waals surface area contributed by atoms with Gasteiger partial charge in [-0.1, -0.05) is 12.1 Å². The van der Waals surface area contributed by atoms with Gasteiger partial charge in [0.15, 0.2) is 0 Å². The lowest BCUT2D eigenvalue weighted by Crippen LogP contribution is -2.25. The summed E-state index contributed by atoms with van der Waals surface area (Å²) in [7, 11) is 1.65. The number of thioether (sulfide) groups is 1. The summed E-state index contributed by atoms with van der Waals surface area (Å²) in [5.74, 6) is 2.86. The van der Waals surface area contributed by atoms with Crippen molar-refractivity contribution in [2.24, 2.45) is 0 Å². The Kier molecular flexibility index (Phi) is 7.99. The Labute approximate surface area is 153 Å². The first-order chi connectivity index (χ1) is 11.2. The molecule has 0 saturated carbocycles. The minimum atomic E-state index is 0.104. The number of ether oxygens (including phenoxy) is 1. The van der Waals surface area contributed by atoms with Gasteiger partial charge in [0.2, 0.25) is 5.91 Å². The van der Waals surface area contributed by atoms with E-state index >= 15 is 0 Å². The molecule has 1 aromatic carbocycles. The average Bonchev–Trinajstić information content (AvgIpc) is 2.98. The fourth-order valence-electron chi connectivity index (χ4n) is 2.04. The van der Waals surface area contributed by atoms with Gasteiger partial charge in [-0.15, -0.1) is 11.3 Å². The number of benzene rings is 1. The number of carbonyl (C=O) groups excluding carboxylic acids is 1. The largest absolute Gasteiger partial charge is 0.497 e. The van der Waals surface area contributed by atoms with Crippen LogP contribution in [0, 0.1) is 0 Å². The van der Waals surface area contributed by atoms with Gasteiger partial charge in [0.1, 0.15) is 5.75 Å². The van der Waals surface area contributed by atoms with Crippen molar-refractivity contribution in [2.45, 2.75) is 18.6 Å². The van der Waals surface area contributed by atoms with E-state index in [-0.39, 0.29) is 5.91 Å². The Morgan fingerprint density at radius 1 is 1.35 bits per heavy atom. The van der Waals surface area contributed by atoms with E-state index in [1.54, 1.807) is 18.4 Å². The molecule has 0 aliphatic heterocycles. The maximum atomic E-state index is 11.9. The maximum absolute atomic E-state index is 11.9. The van der Waals surface area contributed by atoms with Gasteiger partial charge in [0.05, 0.1) is 10.9 Å². The zero-order valence-electron chi connectivity index (χ0n) is 13.0. The number of hydrogen-bond acceptors (Lipinski definition) is 4. The average molecular weight is 414 g/mol. The quantitative estimate of drug-likeness (QED) is 0.614. The standard InChI is InChI=1S/C17H20BrNO2S2/c1-21-14-4-2-3-13(11-14)5-8-17(20)19-9-10-22-12-15-6-7-16(18)23-15/h2-4,6-7,11H,5,8-10,12H2,1H3,(H,19,20). The van der Waals surface area contributed by atoms with Crippen LogP contribution in [0.4, 0.5) is 0 Å². The predicted octanol–water partition coefficient (Wildman–Crippen LogP) is 4.50. The summed E-state index contributed by atoms with van der Waals surface area (Å²) in [6.45, 7) is 0.716. The van der Waals surface area contributed by atoms with Crippen LogP contribution in [0.25, 0.3) is 0 Å². The van der Waals surface area contributed by atoms with E-state index in [1.807, 2.05) is 36.0 Å². The molecule has 3 nitrogen and oxygen atoms in total. The highest BCUT2D eigenvalue weighted by atomic mass is 79.9. The second-order valence-electron chi connectivity index (χ2n) is 4.96. The van der Waals surface area contributed by atoms with Crippen LogP contribution in [-0.2, 0) is 17.0 Å². The molecule has 0 aliphatic carbocycles. The van der Waals surface area contributed by atoms with Crippen LogP contribution >= 0.6 is 39.0 Å². The van der Waals surface area contributed by atoms with E-state index in [2.05, 4.69) is 33.4 Å².